The molecule has 2 heterocycles. The molecule has 1 fully saturated rings. The van der Waals surface area contributed by atoms with Gasteiger partial charge in [-0.05, 0) is 56.6 Å². The van der Waals surface area contributed by atoms with Crippen LogP contribution in [0.5, 0.6) is 5.75 Å². The van der Waals surface area contributed by atoms with Gasteiger partial charge in [0, 0.05) is 24.6 Å². The highest BCUT2D eigenvalue weighted by atomic mass is 19.3. The fourth-order valence-corrected chi connectivity index (χ4v) is 3.27. The van der Waals surface area contributed by atoms with Crippen molar-refractivity contribution in [3.05, 3.63) is 47.3 Å². The molecule has 0 bridgehead atoms. The van der Waals surface area contributed by atoms with Crippen molar-refractivity contribution in [2.24, 2.45) is 0 Å². The van der Waals surface area contributed by atoms with Crippen LogP contribution >= 0.6 is 0 Å². The molecule has 0 saturated carbocycles. The molecule has 0 spiro atoms. The fourth-order valence-electron chi connectivity index (χ4n) is 3.27. The van der Waals surface area contributed by atoms with Crippen LogP contribution in [0.2, 0.25) is 0 Å². The van der Waals surface area contributed by atoms with Crippen molar-refractivity contribution in [3.8, 4) is 5.75 Å². The third-order valence-corrected chi connectivity index (χ3v) is 4.45. The Kier molecular flexibility index (Phi) is 5.45. The van der Waals surface area contributed by atoms with Gasteiger partial charge in [-0.1, -0.05) is 12.1 Å². The van der Waals surface area contributed by atoms with Gasteiger partial charge in [0.05, 0.1) is 5.69 Å². The highest BCUT2D eigenvalue weighted by molar-refractivity contribution is 5.30. The molecule has 130 valence electrons. The molecule has 2 aromatic rings. The summed E-state index contributed by atoms with van der Waals surface area (Å²) in [7, 11) is 0. The predicted octanol–water partition coefficient (Wildman–Crippen LogP) is 3.56. The van der Waals surface area contributed by atoms with Crippen LogP contribution in [0.4, 0.5) is 8.78 Å². The molecule has 1 aromatic carbocycles. The SMILES string of the molecule is CCn1nc(Cc2ccc(OC(F)F)cc2)cc1C1CCNCC1. The van der Waals surface area contributed by atoms with Crippen molar-refractivity contribution < 1.29 is 13.5 Å². The Morgan fingerprint density at radius 3 is 2.58 bits per heavy atom. The lowest BCUT2D eigenvalue weighted by Crippen LogP contribution is -2.27. The van der Waals surface area contributed by atoms with Gasteiger partial charge in [0.15, 0.2) is 0 Å². The Bertz CT molecular complexity index is 649. The number of piperidine rings is 1. The molecule has 1 saturated heterocycles. The number of ether oxygens (including phenoxy) is 1. The highest BCUT2D eigenvalue weighted by Crippen LogP contribution is 2.27. The van der Waals surface area contributed by atoms with E-state index < -0.39 is 6.61 Å². The normalized spacial score (nSPS) is 15.8. The fraction of sp³-hybridized carbons (Fsp3) is 0.500. The molecule has 1 N–H and O–H groups in total. The van der Waals surface area contributed by atoms with Crippen molar-refractivity contribution in [2.75, 3.05) is 13.1 Å². The molecule has 3 rings (SSSR count). The molecule has 4 nitrogen and oxygen atoms in total. The average Bonchev–Trinajstić information content (AvgIpc) is 3.00. The Morgan fingerprint density at radius 1 is 1.25 bits per heavy atom. The Balaban J connectivity index is 1.71. The van der Waals surface area contributed by atoms with E-state index in [4.69, 9.17) is 5.10 Å². The van der Waals surface area contributed by atoms with Gasteiger partial charge in [-0.15, -0.1) is 0 Å². The van der Waals surface area contributed by atoms with Gasteiger partial charge in [-0.3, -0.25) is 4.68 Å². The van der Waals surface area contributed by atoms with E-state index in [1.807, 2.05) is 12.1 Å². The van der Waals surface area contributed by atoms with Crippen LogP contribution in [0.25, 0.3) is 0 Å². The first-order chi connectivity index (χ1) is 11.7. The summed E-state index contributed by atoms with van der Waals surface area (Å²) in [4.78, 5) is 0. The van der Waals surface area contributed by atoms with Crippen molar-refractivity contribution in [1.82, 2.24) is 15.1 Å². The van der Waals surface area contributed by atoms with E-state index in [-0.39, 0.29) is 5.75 Å². The molecule has 0 aliphatic carbocycles. The molecule has 6 heteroatoms. The zero-order valence-electron chi connectivity index (χ0n) is 13.8. The van der Waals surface area contributed by atoms with Gasteiger partial charge in [0.25, 0.3) is 0 Å². The predicted molar refractivity (Wildman–Crippen MR) is 88.6 cm³/mol. The van der Waals surface area contributed by atoms with Crippen LogP contribution in [-0.2, 0) is 13.0 Å². The van der Waals surface area contributed by atoms with Crippen molar-refractivity contribution in [3.63, 3.8) is 0 Å². The Hall–Kier alpha value is -1.95. The lowest BCUT2D eigenvalue weighted by Gasteiger charge is -2.23. The minimum atomic E-state index is -2.79. The summed E-state index contributed by atoms with van der Waals surface area (Å²) in [6.07, 6.45) is 2.98. The van der Waals surface area contributed by atoms with Crippen LogP contribution in [-0.4, -0.2) is 29.5 Å². The maximum atomic E-state index is 12.2. The van der Waals surface area contributed by atoms with Gasteiger partial charge in [-0.25, -0.2) is 0 Å². The monoisotopic (exact) mass is 335 g/mol. The van der Waals surface area contributed by atoms with Crippen LogP contribution < -0.4 is 10.1 Å². The summed E-state index contributed by atoms with van der Waals surface area (Å²) in [6, 6.07) is 8.97. The Morgan fingerprint density at radius 2 is 1.96 bits per heavy atom. The molecule has 24 heavy (non-hydrogen) atoms. The second kappa shape index (κ2) is 7.75. The summed E-state index contributed by atoms with van der Waals surface area (Å²) in [6.45, 7) is 2.29. The third-order valence-electron chi connectivity index (χ3n) is 4.45. The number of hydrogen-bond acceptors (Lipinski definition) is 3. The highest BCUT2D eigenvalue weighted by Gasteiger charge is 2.20. The van der Waals surface area contributed by atoms with Crippen molar-refractivity contribution in [2.45, 2.75) is 45.3 Å². The molecule has 0 radical (unpaired) electrons. The Labute approximate surface area is 140 Å². The zero-order valence-corrected chi connectivity index (χ0v) is 13.8. The molecule has 1 aliphatic rings. The lowest BCUT2D eigenvalue weighted by molar-refractivity contribution is -0.0498. The van der Waals surface area contributed by atoms with Gasteiger partial charge in [-0.2, -0.15) is 13.9 Å². The second-order valence-electron chi connectivity index (χ2n) is 6.10. The number of hydrogen-bond donors (Lipinski definition) is 1. The van der Waals surface area contributed by atoms with Crippen LogP contribution in [0.3, 0.4) is 0 Å². The van der Waals surface area contributed by atoms with Gasteiger partial charge < -0.3 is 10.1 Å². The minimum Gasteiger partial charge on any atom is -0.435 e. The number of aromatic nitrogens is 2. The topological polar surface area (TPSA) is 39.1 Å². The number of nitrogens with zero attached hydrogens (tertiary/aromatic N) is 2. The molecule has 1 aliphatic heterocycles. The third kappa shape index (κ3) is 4.12. The number of benzene rings is 1. The number of rotatable bonds is 6. The number of halogens is 2. The summed E-state index contributed by atoms with van der Waals surface area (Å²) < 4.78 is 30.9. The first kappa shape index (κ1) is 16.9. The molecule has 0 unspecified atom stereocenters. The number of nitrogens with one attached hydrogen (secondary N) is 1. The molecular formula is C18H23F2N3O. The molecule has 1 aromatic heterocycles. The standard InChI is InChI=1S/C18H23F2N3O/c1-2-23-17(14-7-9-21-10-8-14)12-15(22-23)11-13-3-5-16(6-4-13)24-18(19)20/h3-6,12,14,18,21H,2,7-11H2,1H3. The van der Waals surface area contributed by atoms with E-state index >= 15 is 0 Å². The number of alkyl halides is 2. The minimum absolute atomic E-state index is 0.184. The first-order valence-electron chi connectivity index (χ1n) is 8.46. The maximum absolute atomic E-state index is 12.2. The summed E-state index contributed by atoms with van der Waals surface area (Å²) >= 11 is 0. The molecule has 0 atom stereocenters. The maximum Gasteiger partial charge on any atom is 0.387 e. The average molecular weight is 335 g/mol. The summed E-state index contributed by atoms with van der Waals surface area (Å²) in [5.74, 6) is 0.748. The smallest absolute Gasteiger partial charge is 0.387 e. The van der Waals surface area contributed by atoms with Gasteiger partial charge in [0.2, 0.25) is 0 Å². The van der Waals surface area contributed by atoms with Gasteiger partial charge in [0.1, 0.15) is 5.75 Å². The molecule has 0 amide bonds. The van der Waals surface area contributed by atoms with E-state index in [1.165, 1.54) is 5.69 Å². The van der Waals surface area contributed by atoms with Crippen molar-refractivity contribution >= 4 is 0 Å². The summed E-state index contributed by atoms with van der Waals surface area (Å²) in [5, 5.41) is 8.11. The quantitative estimate of drug-likeness (QED) is 0.877. The van der Waals surface area contributed by atoms with E-state index in [0.29, 0.717) is 12.3 Å². The second-order valence-corrected chi connectivity index (χ2v) is 6.10. The first-order valence-corrected chi connectivity index (χ1v) is 8.46. The van der Waals surface area contributed by atoms with E-state index in [0.717, 1.165) is 43.7 Å². The van der Waals surface area contributed by atoms with Crippen molar-refractivity contribution in [1.29, 1.82) is 0 Å². The lowest BCUT2D eigenvalue weighted by atomic mass is 9.94. The van der Waals surface area contributed by atoms with Gasteiger partial charge >= 0.3 is 6.61 Å². The largest absolute Gasteiger partial charge is 0.435 e. The number of aryl methyl sites for hydroxylation is 1. The van der Waals surface area contributed by atoms with E-state index in [1.54, 1.807) is 12.1 Å². The van der Waals surface area contributed by atoms with Crippen LogP contribution in [0.1, 0.15) is 42.6 Å². The van der Waals surface area contributed by atoms with Crippen LogP contribution in [0.15, 0.2) is 30.3 Å². The van der Waals surface area contributed by atoms with E-state index in [9.17, 15) is 8.78 Å². The zero-order chi connectivity index (χ0) is 16.9. The molecular weight excluding hydrogens is 312 g/mol. The van der Waals surface area contributed by atoms with Crippen LogP contribution in [0, 0.1) is 0 Å². The van der Waals surface area contributed by atoms with E-state index in [2.05, 4.69) is 27.7 Å². The summed E-state index contributed by atoms with van der Waals surface area (Å²) in [5.41, 5.74) is 3.37.